The number of hydrogen-bond acceptors (Lipinski definition) is 1. The van der Waals surface area contributed by atoms with Crippen molar-refractivity contribution in [1.82, 2.24) is 4.90 Å². The van der Waals surface area contributed by atoms with E-state index in [1.165, 1.54) is 0 Å². The third-order valence-corrected chi connectivity index (χ3v) is 2.00. The van der Waals surface area contributed by atoms with Crippen molar-refractivity contribution in [3.05, 3.63) is 23.5 Å². The summed E-state index contributed by atoms with van der Waals surface area (Å²) in [6.07, 6.45) is 1.90. The van der Waals surface area contributed by atoms with E-state index in [0.717, 1.165) is 10.7 Å². The molecule has 0 rings (SSSR count). The molecule has 0 spiro atoms. The number of halogens is 1. The average Bonchev–Trinajstić information content (AvgIpc) is 1.87. The van der Waals surface area contributed by atoms with Gasteiger partial charge < -0.3 is 4.90 Å². The third-order valence-electron chi connectivity index (χ3n) is 1.47. The van der Waals surface area contributed by atoms with E-state index in [-0.39, 0.29) is 0 Å². The minimum atomic E-state index is 0.387. The van der Waals surface area contributed by atoms with Crippen LogP contribution >= 0.6 is 11.6 Å². The van der Waals surface area contributed by atoms with Crippen molar-refractivity contribution in [3.63, 3.8) is 0 Å². The van der Waals surface area contributed by atoms with E-state index < -0.39 is 0 Å². The molecule has 0 N–H and O–H groups in total. The van der Waals surface area contributed by atoms with Crippen LogP contribution in [0.1, 0.15) is 20.8 Å². The first-order chi connectivity index (χ1) is 4.95. The summed E-state index contributed by atoms with van der Waals surface area (Å²) in [5.74, 6) is 0.387. The zero-order valence-electron chi connectivity index (χ0n) is 7.69. The van der Waals surface area contributed by atoms with E-state index in [2.05, 4.69) is 20.4 Å². The summed E-state index contributed by atoms with van der Waals surface area (Å²) in [7, 11) is 1.94. The summed E-state index contributed by atoms with van der Waals surface area (Å²) >= 11 is 5.93. The molecule has 0 atom stereocenters. The van der Waals surface area contributed by atoms with Crippen molar-refractivity contribution >= 4 is 11.6 Å². The average molecular weight is 174 g/mol. The lowest BCUT2D eigenvalue weighted by Crippen LogP contribution is -2.07. The molecule has 2 heteroatoms. The quantitative estimate of drug-likeness (QED) is 0.634. The molecule has 0 saturated carbocycles. The van der Waals surface area contributed by atoms with E-state index >= 15 is 0 Å². The van der Waals surface area contributed by atoms with Gasteiger partial charge in [-0.15, -0.1) is 0 Å². The molecule has 0 aromatic carbocycles. The van der Waals surface area contributed by atoms with E-state index in [0.29, 0.717) is 5.92 Å². The number of rotatable bonds is 3. The van der Waals surface area contributed by atoms with Crippen LogP contribution in [-0.4, -0.2) is 11.9 Å². The zero-order chi connectivity index (χ0) is 9.02. The number of hydrogen-bond donors (Lipinski definition) is 0. The first kappa shape index (κ1) is 10.6. The number of allylic oxidation sites excluding steroid dienone is 2. The van der Waals surface area contributed by atoms with Gasteiger partial charge in [0.2, 0.25) is 0 Å². The van der Waals surface area contributed by atoms with Gasteiger partial charge in [-0.25, -0.2) is 0 Å². The summed E-state index contributed by atoms with van der Waals surface area (Å²) in [5.41, 5.74) is 0.990. The van der Waals surface area contributed by atoms with Crippen molar-refractivity contribution in [1.29, 1.82) is 0 Å². The monoisotopic (exact) mass is 173 g/mol. The van der Waals surface area contributed by atoms with Crippen LogP contribution in [0.25, 0.3) is 0 Å². The highest BCUT2D eigenvalue weighted by Crippen LogP contribution is 2.15. The maximum Gasteiger partial charge on any atom is 0.0368 e. The fourth-order valence-electron chi connectivity index (χ4n) is 0.444. The predicted octanol–water partition coefficient (Wildman–Crippen LogP) is 3.19. The summed E-state index contributed by atoms with van der Waals surface area (Å²) in [5, 5.41) is 0.857. The molecule has 0 heterocycles. The molecule has 0 bridgehead atoms. The number of nitrogens with zero attached hydrogens (tertiary/aromatic N) is 1. The van der Waals surface area contributed by atoms with Gasteiger partial charge in [-0.2, -0.15) is 0 Å². The second-order valence-corrected chi connectivity index (χ2v) is 3.45. The third kappa shape index (κ3) is 4.10. The van der Waals surface area contributed by atoms with Gasteiger partial charge in [0.1, 0.15) is 0 Å². The van der Waals surface area contributed by atoms with Gasteiger partial charge in [-0.3, -0.25) is 0 Å². The van der Waals surface area contributed by atoms with Crippen LogP contribution in [0.15, 0.2) is 23.5 Å². The smallest absolute Gasteiger partial charge is 0.0368 e. The standard InChI is InChI=1S/C9H16ClN/c1-7(2)9(10)6-11(5)8(3)4/h6-7H,3H2,1-2,4-5H3/b9-6-. The van der Waals surface area contributed by atoms with E-state index in [1.54, 1.807) is 0 Å². The van der Waals surface area contributed by atoms with Crippen LogP contribution in [0, 0.1) is 5.92 Å². The molecule has 0 aliphatic carbocycles. The SMILES string of the molecule is C=C(C)N(C)/C=C(\Cl)C(C)C. The summed E-state index contributed by atoms with van der Waals surface area (Å²) < 4.78 is 0. The summed E-state index contributed by atoms with van der Waals surface area (Å²) in [6, 6.07) is 0. The Hall–Kier alpha value is -0.430. The largest absolute Gasteiger partial charge is 0.354 e. The fraction of sp³-hybridized carbons (Fsp3) is 0.556. The van der Waals surface area contributed by atoms with Crippen LogP contribution in [0.4, 0.5) is 0 Å². The van der Waals surface area contributed by atoms with Crippen LogP contribution in [0.5, 0.6) is 0 Å². The predicted molar refractivity (Wildman–Crippen MR) is 51.4 cm³/mol. The van der Waals surface area contributed by atoms with Crippen molar-refractivity contribution in [2.75, 3.05) is 7.05 Å². The Labute approximate surface area is 74.3 Å². The van der Waals surface area contributed by atoms with Crippen LogP contribution in [0.2, 0.25) is 0 Å². The fourth-order valence-corrected chi connectivity index (χ4v) is 0.591. The van der Waals surface area contributed by atoms with Crippen LogP contribution in [-0.2, 0) is 0 Å². The minimum absolute atomic E-state index is 0.387. The highest BCUT2D eigenvalue weighted by molar-refractivity contribution is 6.29. The van der Waals surface area contributed by atoms with E-state index in [1.807, 2.05) is 25.1 Å². The Kier molecular flexibility index (Phi) is 4.27. The second-order valence-electron chi connectivity index (χ2n) is 3.01. The van der Waals surface area contributed by atoms with Gasteiger partial charge in [-0.05, 0) is 12.8 Å². The molecule has 0 radical (unpaired) electrons. The van der Waals surface area contributed by atoms with Gasteiger partial charge in [0.25, 0.3) is 0 Å². The molecule has 0 fully saturated rings. The van der Waals surface area contributed by atoms with Gasteiger partial charge in [0.05, 0.1) is 0 Å². The summed E-state index contributed by atoms with van der Waals surface area (Å²) in [6.45, 7) is 9.86. The van der Waals surface area contributed by atoms with Gasteiger partial charge in [0, 0.05) is 24.0 Å². The molecular formula is C9H16ClN. The first-order valence-electron chi connectivity index (χ1n) is 3.70. The maximum atomic E-state index is 5.93. The Morgan fingerprint density at radius 2 is 2.00 bits per heavy atom. The molecule has 0 amide bonds. The molecule has 0 aromatic heterocycles. The lowest BCUT2D eigenvalue weighted by atomic mass is 10.2. The van der Waals surface area contributed by atoms with Crippen LogP contribution < -0.4 is 0 Å². The molecule has 0 aliphatic rings. The Bertz CT molecular complexity index is 170. The van der Waals surface area contributed by atoms with Gasteiger partial charge >= 0.3 is 0 Å². The van der Waals surface area contributed by atoms with Crippen molar-refractivity contribution in [3.8, 4) is 0 Å². The molecule has 0 aliphatic heterocycles. The maximum absolute atomic E-state index is 5.93. The molecule has 1 nitrogen and oxygen atoms in total. The molecule has 0 unspecified atom stereocenters. The lowest BCUT2D eigenvalue weighted by molar-refractivity contribution is 0.563. The minimum Gasteiger partial charge on any atom is -0.354 e. The van der Waals surface area contributed by atoms with Crippen molar-refractivity contribution in [2.24, 2.45) is 5.92 Å². The van der Waals surface area contributed by atoms with E-state index in [4.69, 9.17) is 11.6 Å². The molecule has 11 heavy (non-hydrogen) atoms. The van der Waals surface area contributed by atoms with Crippen molar-refractivity contribution < 1.29 is 0 Å². The highest BCUT2D eigenvalue weighted by Gasteiger charge is 2.00. The summed E-state index contributed by atoms with van der Waals surface area (Å²) in [4.78, 5) is 1.92. The molecular weight excluding hydrogens is 158 g/mol. The van der Waals surface area contributed by atoms with Gasteiger partial charge in [-0.1, -0.05) is 32.0 Å². The Morgan fingerprint density at radius 1 is 1.55 bits per heavy atom. The second kappa shape index (κ2) is 4.45. The molecule has 0 aromatic rings. The lowest BCUT2D eigenvalue weighted by Gasteiger charge is -2.15. The van der Waals surface area contributed by atoms with Crippen LogP contribution in [0.3, 0.4) is 0 Å². The Morgan fingerprint density at radius 3 is 2.27 bits per heavy atom. The first-order valence-corrected chi connectivity index (χ1v) is 4.08. The normalized spacial score (nSPS) is 12.0. The molecule has 64 valence electrons. The van der Waals surface area contributed by atoms with Gasteiger partial charge in [0.15, 0.2) is 0 Å². The highest BCUT2D eigenvalue weighted by atomic mass is 35.5. The van der Waals surface area contributed by atoms with E-state index in [9.17, 15) is 0 Å². The molecule has 0 saturated heterocycles. The zero-order valence-corrected chi connectivity index (χ0v) is 8.44. The topological polar surface area (TPSA) is 3.24 Å². The van der Waals surface area contributed by atoms with Crippen molar-refractivity contribution in [2.45, 2.75) is 20.8 Å². The Balaban J connectivity index is 4.19.